The van der Waals surface area contributed by atoms with Crippen molar-refractivity contribution in [2.45, 2.75) is 0 Å². The van der Waals surface area contributed by atoms with Gasteiger partial charge in [0, 0.05) is 0 Å². The summed E-state index contributed by atoms with van der Waals surface area (Å²) in [5.41, 5.74) is 19.8. The minimum atomic E-state index is 1.19. The first kappa shape index (κ1) is 30.1. The van der Waals surface area contributed by atoms with E-state index in [9.17, 15) is 0 Å². The summed E-state index contributed by atoms with van der Waals surface area (Å²) in [6, 6.07) is 75.6. The van der Waals surface area contributed by atoms with E-state index in [1.807, 2.05) is 0 Å². The van der Waals surface area contributed by atoms with Crippen molar-refractivity contribution in [2.75, 3.05) is 0 Å². The van der Waals surface area contributed by atoms with Crippen molar-refractivity contribution in [3.63, 3.8) is 0 Å². The Labute approximate surface area is 305 Å². The van der Waals surface area contributed by atoms with Gasteiger partial charge in [-0.25, -0.2) is 0 Å². The Hall–Kier alpha value is -6.76. The predicted octanol–water partition coefficient (Wildman–Crippen LogP) is 14.5. The van der Waals surface area contributed by atoms with E-state index in [-0.39, 0.29) is 0 Å². The van der Waals surface area contributed by atoms with Crippen molar-refractivity contribution < 1.29 is 0 Å². The Kier molecular flexibility index (Phi) is 7.25. The van der Waals surface area contributed by atoms with E-state index in [4.69, 9.17) is 0 Å². The highest BCUT2D eigenvalue weighted by atomic mass is 14.3. The molecule has 0 saturated carbocycles. The average Bonchev–Trinajstić information content (AvgIpc) is 3.56. The highest BCUT2D eigenvalue weighted by molar-refractivity contribution is 6.23. The van der Waals surface area contributed by atoms with Crippen LogP contribution in [-0.2, 0) is 0 Å². The Morgan fingerprint density at radius 1 is 0.173 bits per heavy atom. The van der Waals surface area contributed by atoms with Crippen LogP contribution in [0.2, 0.25) is 0 Å². The number of benzene rings is 9. The second-order valence-electron chi connectivity index (χ2n) is 13.5. The summed E-state index contributed by atoms with van der Waals surface area (Å²) in [7, 11) is 0. The minimum Gasteiger partial charge on any atom is -0.0622 e. The Balaban J connectivity index is 1.49. The predicted molar refractivity (Wildman–Crippen MR) is 221 cm³/mol. The molecule has 0 atom stereocenters. The highest BCUT2D eigenvalue weighted by Crippen LogP contribution is 2.58. The van der Waals surface area contributed by atoms with E-state index < -0.39 is 0 Å². The zero-order valence-electron chi connectivity index (χ0n) is 28.6. The first-order chi connectivity index (χ1) is 25.9. The normalized spacial score (nSPS) is 11.5. The van der Waals surface area contributed by atoms with Gasteiger partial charge in [0.2, 0.25) is 0 Å². The van der Waals surface area contributed by atoms with Gasteiger partial charge in [0.05, 0.1) is 0 Å². The fourth-order valence-corrected chi connectivity index (χ4v) is 8.51. The van der Waals surface area contributed by atoms with Crippen LogP contribution in [0.5, 0.6) is 0 Å². The smallest absolute Gasteiger partial charge is 0.000763 e. The third-order valence-corrected chi connectivity index (χ3v) is 10.6. The summed E-state index contributed by atoms with van der Waals surface area (Å²) < 4.78 is 0. The third-order valence-electron chi connectivity index (χ3n) is 10.6. The molecular formula is C52H34. The van der Waals surface area contributed by atoms with Gasteiger partial charge >= 0.3 is 0 Å². The molecule has 0 aliphatic heterocycles. The zero-order chi connectivity index (χ0) is 34.4. The van der Waals surface area contributed by atoms with Gasteiger partial charge in [-0.05, 0) is 99.8 Å². The molecule has 0 nitrogen and oxygen atoms in total. The van der Waals surface area contributed by atoms with Crippen LogP contribution in [-0.4, -0.2) is 0 Å². The molecule has 0 N–H and O–H groups in total. The van der Waals surface area contributed by atoms with E-state index in [1.165, 1.54) is 99.8 Å². The van der Waals surface area contributed by atoms with Crippen LogP contribution in [0.4, 0.5) is 0 Å². The molecule has 242 valence electrons. The maximum Gasteiger partial charge on any atom is -0.000763 e. The minimum absolute atomic E-state index is 1.19. The summed E-state index contributed by atoms with van der Waals surface area (Å²) in [5, 5.41) is 2.60. The lowest BCUT2D eigenvalue weighted by atomic mass is 9.73. The Morgan fingerprint density at radius 3 is 0.846 bits per heavy atom. The molecule has 52 heavy (non-hydrogen) atoms. The molecule has 0 aromatic heterocycles. The summed E-state index contributed by atoms with van der Waals surface area (Å²) in [6.07, 6.45) is 0. The van der Waals surface area contributed by atoms with Crippen LogP contribution < -0.4 is 0 Å². The molecule has 0 bridgehead atoms. The van der Waals surface area contributed by atoms with Gasteiger partial charge in [0.15, 0.2) is 0 Å². The molecule has 0 radical (unpaired) electrons. The van der Waals surface area contributed by atoms with E-state index in [2.05, 4.69) is 206 Å². The quantitative estimate of drug-likeness (QED) is 0.167. The van der Waals surface area contributed by atoms with Crippen molar-refractivity contribution in [2.24, 2.45) is 0 Å². The van der Waals surface area contributed by atoms with Crippen molar-refractivity contribution in [3.8, 4) is 89.0 Å². The largest absolute Gasteiger partial charge is 0.0622 e. The zero-order valence-corrected chi connectivity index (χ0v) is 28.6. The maximum absolute atomic E-state index is 2.39. The van der Waals surface area contributed by atoms with E-state index in [1.54, 1.807) is 0 Å². The monoisotopic (exact) mass is 658 g/mol. The van der Waals surface area contributed by atoms with E-state index >= 15 is 0 Å². The van der Waals surface area contributed by atoms with E-state index in [0.29, 0.717) is 0 Å². The van der Waals surface area contributed by atoms with Crippen LogP contribution >= 0.6 is 0 Å². The topological polar surface area (TPSA) is 0 Å². The summed E-state index contributed by atoms with van der Waals surface area (Å²) in [4.78, 5) is 0. The van der Waals surface area contributed by atoms with Crippen LogP contribution in [0.3, 0.4) is 0 Å². The molecule has 1 aliphatic carbocycles. The van der Waals surface area contributed by atoms with Crippen LogP contribution in [0.15, 0.2) is 206 Å². The van der Waals surface area contributed by atoms with Gasteiger partial charge in [0.25, 0.3) is 0 Å². The second kappa shape index (κ2) is 12.5. The van der Waals surface area contributed by atoms with Crippen molar-refractivity contribution in [1.29, 1.82) is 0 Å². The first-order valence-corrected chi connectivity index (χ1v) is 18.0. The van der Waals surface area contributed by atoms with Gasteiger partial charge in [0.1, 0.15) is 0 Å². The summed E-state index contributed by atoms with van der Waals surface area (Å²) in [6.45, 7) is 0. The lowest BCUT2D eigenvalue weighted by Gasteiger charge is -2.29. The molecule has 0 saturated heterocycles. The van der Waals surface area contributed by atoms with Crippen molar-refractivity contribution in [3.05, 3.63) is 206 Å². The van der Waals surface area contributed by atoms with Crippen molar-refractivity contribution in [1.82, 2.24) is 0 Å². The number of rotatable bonds is 6. The first-order valence-electron chi connectivity index (χ1n) is 18.0. The van der Waals surface area contributed by atoms with Crippen LogP contribution in [0, 0.1) is 0 Å². The number of hydrogen-bond donors (Lipinski definition) is 0. The second-order valence-corrected chi connectivity index (χ2v) is 13.5. The SMILES string of the molecule is c1ccc(-c2c(-c3ccccc3)c(-c3ccccc3)c(-c3ccc4c5c(cccc35)-c3ccccc3-4)c(-c3ccccc3)c2-c2ccccc2)cc1. The van der Waals surface area contributed by atoms with Gasteiger partial charge < -0.3 is 0 Å². The van der Waals surface area contributed by atoms with Crippen LogP contribution in [0.1, 0.15) is 0 Å². The number of hydrogen-bond acceptors (Lipinski definition) is 0. The molecule has 0 fully saturated rings. The standard InChI is InChI=1S/C52H34/c1-6-19-35(20-7-1)46-47(36-21-8-2-9-22-36)49(38-25-12-4-13-26-38)52(50(39-27-14-5-15-28-39)48(46)37-23-10-3-11-24-37)45-34-33-44-41-30-17-16-29-40(41)42-31-18-32-43(45)51(42)44/h1-34H. The summed E-state index contributed by atoms with van der Waals surface area (Å²) >= 11 is 0. The summed E-state index contributed by atoms with van der Waals surface area (Å²) in [5.74, 6) is 0. The van der Waals surface area contributed by atoms with E-state index in [0.717, 1.165) is 0 Å². The third kappa shape index (κ3) is 4.77. The van der Waals surface area contributed by atoms with Gasteiger partial charge in [-0.3, -0.25) is 0 Å². The fourth-order valence-electron chi connectivity index (χ4n) is 8.51. The maximum atomic E-state index is 2.39. The van der Waals surface area contributed by atoms with Gasteiger partial charge in [-0.15, -0.1) is 0 Å². The lowest BCUT2D eigenvalue weighted by Crippen LogP contribution is -2.02. The number of fused-ring (bicyclic) bond motifs is 3. The fraction of sp³-hybridized carbons (Fsp3) is 0. The molecule has 0 heterocycles. The van der Waals surface area contributed by atoms with Gasteiger partial charge in [-0.2, -0.15) is 0 Å². The Bertz CT molecular complexity index is 2590. The van der Waals surface area contributed by atoms with Crippen LogP contribution in [0.25, 0.3) is 99.8 Å². The molecule has 9 aromatic rings. The highest BCUT2D eigenvalue weighted by Gasteiger charge is 2.31. The molecule has 0 spiro atoms. The van der Waals surface area contributed by atoms with Crippen molar-refractivity contribution >= 4 is 10.8 Å². The molecule has 0 heteroatoms. The molecule has 10 rings (SSSR count). The molecule has 1 aliphatic rings. The Morgan fingerprint density at radius 2 is 0.462 bits per heavy atom. The molecular weight excluding hydrogens is 625 g/mol. The molecule has 0 amide bonds. The van der Waals surface area contributed by atoms with Gasteiger partial charge in [-0.1, -0.05) is 206 Å². The lowest BCUT2D eigenvalue weighted by molar-refractivity contribution is 1.52. The molecule has 0 unspecified atom stereocenters. The average molecular weight is 659 g/mol. The molecule has 9 aromatic carbocycles.